The van der Waals surface area contributed by atoms with Crippen molar-refractivity contribution in [1.29, 1.82) is 0 Å². The minimum Gasteiger partial charge on any atom is -0.493 e. The molecule has 0 bridgehead atoms. The fourth-order valence-corrected chi connectivity index (χ4v) is 2.85. The molecule has 1 aliphatic heterocycles. The Kier molecular flexibility index (Phi) is 6.02. The zero-order valence-electron chi connectivity index (χ0n) is 14.8. The number of benzene rings is 1. The molecule has 1 amide bonds. The van der Waals surface area contributed by atoms with Crippen LogP contribution in [0.1, 0.15) is 31.1 Å². The number of carbonyl (C=O) groups excluding carboxylic acids is 1. The third-order valence-corrected chi connectivity index (χ3v) is 4.47. The van der Waals surface area contributed by atoms with Gasteiger partial charge in [0.05, 0.1) is 12.2 Å². The number of para-hydroxylation sites is 1. The molecule has 1 N–H and O–H groups in total. The normalized spacial score (nSPS) is 17.0. The van der Waals surface area contributed by atoms with Gasteiger partial charge >= 0.3 is 0 Å². The second-order valence-electron chi connectivity index (χ2n) is 6.71. The Morgan fingerprint density at radius 3 is 2.52 bits per heavy atom. The van der Waals surface area contributed by atoms with E-state index in [4.69, 9.17) is 4.74 Å². The quantitative estimate of drug-likeness (QED) is 0.869. The highest BCUT2D eigenvalue weighted by atomic mass is 16.5. The van der Waals surface area contributed by atoms with Crippen LogP contribution in [-0.2, 0) is 0 Å². The van der Waals surface area contributed by atoms with Crippen LogP contribution in [0.15, 0.2) is 24.3 Å². The summed E-state index contributed by atoms with van der Waals surface area (Å²) in [4.78, 5) is 17.3. The van der Waals surface area contributed by atoms with Crippen LogP contribution in [-0.4, -0.2) is 67.6 Å². The summed E-state index contributed by atoms with van der Waals surface area (Å²) in [5.74, 6) is 0.571. The van der Waals surface area contributed by atoms with Gasteiger partial charge in [-0.25, -0.2) is 0 Å². The van der Waals surface area contributed by atoms with Crippen molar-refractivity contribution in [2.24, 2.45) is 0 Å². The van der Waals surface area contributed by atoms with Crippen LogP contribution in [0.3, 0.4) is 0 Å². The van der Waals surface area contributed by atoms with E-state index in [0.29, 0.717) is 24.5 Å². The van der Waals surface area contributed by atoms with E-state index >= 15 is 0 Å². The van der Waals surface area contributed by atoms with Crippen LogP contribution in [0.5, 0.6) is 5.75 Å². The van der Waals surface area contributed by atoms with Gasteiger partial charge in [0.25, 0.3) is 5.91 Å². The van der Waals surface area contributed by atoms with Crippen molar-refractivity contribution < 1.29 is 9.53 Å². The minimum absolute atomic E-state index is 0.0581. The Hall–Kier alpha value is -1.59. The van der Waals surface area contributed by atoms with Crippen LogP contribution in [0.2, 0.25) is 0 Å². The smallest absolute Gasteiger partial charge is 0.255 e. The van der Waals surface area contributed by atoms with Gasteiger partial charge in [0, 0.05) is 38.3 Å². The summed E-state index contributed by atoms with van der Waals surface area (Å²) in [7, 11) is 2.15. The summed E-state index contributed by atoms with van der Waals surface area (Å²) in [6.45, 7) is 11.7. The third kappa shape index (κ3) is 4.69. The maximum absolute atomic E-state index is 12.5. The number of carbonyl (C=O) groups is 1. The Morgan fingerprint density at radius 2 is 1.87 bits per heavy atom. The topological polar surface area (TPSA) is 44.8 Å². The van der Waals surface area contributed by atoms with Crippen molar-refractivity contribution in [3.8, 4) is 5.75 Å². The fourth-order valence-electron chi connectivity index (χ4n) is 2.85. The van der Waals surface area contributed by atoms with E-state index in [9.17, 15) is 4.79 Å². The molecule has 1 aromatic carbocycles. The molecule has 0 unspecified atom stereocenters. The van der Waals surface area contributed by atoms with Gasteiger partial charge in [-0.3, -0.25) is 9.69 Å². The Balaban J connectivity index is 1.95. The van der Waals surface area contributed by atoms with E-state index in [1.54, 1.807) is 0 Å². The van der Waals surface area contributed by atoms with Gasteiger partial charge in [0.2, 0.25) is 0 Å². The lowest BCUT2D eigenvalue weighted by molar-refractivity contribution is 0.0587. The highest BCUT2D eigenvalue weighted by Crippen LogP contribution is 2.19. The number of hydrogen-bond donors (Lipinski definition) is 1. The lowest BCUT2D eigenvalue weighted by atomic mass is 10.0. The molecule has 0 aliphatic carbocycles. The van der Waals surface area contributed by atoms with Gasteiger partial charge in [-0.2, -0.15) is 0 Å². The molecule has 1 saturated heterocycles. The fraction of sp³-hybridized carbons (Fsp3) is 0.611. The molecule has 5 nitrogen and oxygen atoms in total. The van der Waals surface area contributed by atoms with Crippen molar-refractivity contribution in [1.82, 2.24) is 15.1 Å². The molecule has 5 heteroatoms. The maximum Gasteiger partial charge on any atom is 0.255 e. The summed E-state index contributed by atoms with van der Waals surface area (Å²) in [5, 5.41) is 3.07. The molecule has 1 aliphatic rings. The summed E-state index contributed by atoms with van der Waals surface area (Å²) < 4.78 is 5.54. The van der Waals surface area contributed by atoms with Crippen LogP contribution in [0.4, 0.5) is 0 Å². The highest BCUT2D eigenvalue weighted by Gasteiger charge is 2.29. The molecule has 0 atom stereocenters. The Morgan fingerprint density at radius 1 is 1.22 bits per heavy atom. The second kappa shape index (κ2) is 7.79. The average Bonchev–Trinajstić information content (AvgIpc) is 2.54. The largest absolute Gasteiger partial charge is 0.493 e. The second-order valence-corrected chi connectivity index (χ2v) is 6.71. The number of nitrogens with one attached hydrogen (secondary N) is 1. The molecule has 0 spiro atoms. The van der Waals surface area contributed by atoms with Crippen molar-refractivity contribution in [3.05, 3.63) is 29.8 Å². The summed E-state index contributed by atoms with van der Waals surface area (Å²) in [6.07, 6.45) is 0. The maximum atomic E-state index is 12.5. The van der Waals surface area contributed by atoms with Crippen molar-refractivity contribution in [2.45, 2.75) is 26.3 Å². The lowest BCUT2D eigenvalue weighted by Crippen LogP contribution is -2.57. The highest BCUT2D eigenvalue weighted by molar-refractivity contribution is 5.96. The predicted octanol–water partition coefficient (Wildman–Crippen LogP) is 1.84. The van der Waals surface area contributed by atoms with Crippen LogP contribution >= 0.6 is 0 Å². The standard InChI is InChI=1S/C18H29N3O2/c1-5-23-16-9-7-6-8-15(16)17(22)19-14-18(2,3)21-12-10-20(4)11-13-21/h6-9H,5,10-14H2,1-4H3,(H,19,22). The van der Waals surface area contributed by atoms with E-state index in [2.05, 4.69) is 36.0 Å². The third-order valence-electron chi connectivity index (χ3n) is 4.47. The number of piperazine rings is 1. The van der Waals surface area contributed by atoms with Gasteiger partial charge in [0.1, 0.15) is 5.75 Å². The molecular formula is C18H29N3O2. The molecule has 128 valence electrons. The number of amides is 1. The molecule has 0 saturated carbocycles. The van der Waals surface area contributed by atoms with E-state index in [1.807, 2.05) is 31.2 Å². The lowest BCUT2D eigenvalue weighted by Gasteiger charge is -2.43. The predicted molar refractivity (Wildman–Crippen MR) is 93.1 cm³/mol. The summed E-state index contributed by atoms with van der Waals surface area (Å²) in [5.41, 5.74) is 0.542. The molecule has 0 radical (unpaired) electrons. The first-order chi connectivity index (χ1) is 10.9. The van der Waals surface area contributed by atoms with Crippen LogP contribution in [0, 0.1) is 0 Å². The van der Waals surface area contributed by atoms with Gasteiger partial charge in [0.15, 0.2) is 0 Å². The van der Waals surface area contributed by atoms with Crippen LogP contribution < -0.4 is 10.1 Å². The van der Waals surface area contributed by atoms with Crippen molar-refractivity contribution in [3.63, 3.8) is 0 Å². The number of nitrogens with zero attached hydrogens (tertiary/aromatic N) is 2. The first kappa shape index (κ1) is 17.8. The number of rotatable bonds is 6. The van der Waals surface area contributed by atoms with Crippen molar-refractivity contribution in [2.75, 3.05) is 46.4 Å². The summed E-state index contributed by atoms with van der Waals surface area (Å²) in [6, 6.07) is 7.40. The van der Waals surface area contributed by atoms with E-state index < -0.39 is 0 Å². The molecule has 23 heavy (non-hydrogen) atoms. The number of likely N-dealkylation sites (N-methyl/N-ethyl adjacent to an activating group) is 1. The molecular weight excluding hydrogens is 290 g/mol. The summed E-state index contributed by atoms with van der Waals surface area (Å²) >= 11 is 0. The first-order valence-electron chi connectivity index (χ1n) is 8.37. The zero-order valence-corrected chi connectivity index (χ0v) is 14.8. The number of hydrogen-bond acceptors (Lipinski definition) is 4. The van der Waals surface area contributed by atoms with Gasteiger partial charge in [-0.15, -0.1) is 0 Å². The van der Waals surface area contributed by atoms with Crippen LogP contribution in [0.25, 0.3) is 0 Å². The minimum atomic E-state index is -0.0729. The molecule has 2 rings (SSSR count). The Bertz CT molecular complexity index is 523. The SMILES string of the molecule is CCOc1ccccc1C(=O)NCC(C)(C)N1CCN(C)CC1. The van der Waals surface area contributed by atoms with Crippen molar-refractivity contribution >= 4 is 5.91 Å². The van der Waals surface area contributed by atoms with Gasteiger partial charge < -0.3 is 15.0 Å². The van der Waals surface area contributed by atoms with E-state index in [0.717, 1.165) is 26.2 Å². The Labute approximate surface area is 139 Å². The molecule has 0 aromatic heterocycles. The van der Waals surface area contributed by atoms with Gasteiger partial charge in [-0.1, -0.05) is 12.1 Å². The molecule has 1 heterocycles. The van der Waals surface area contributed by atoms with E-state index in [-0.39, 0.29) is 11.4 Å². The molecule has 1 fully saturated rings. The number of ether oxygens (including phenoxy) is 1. The molecule has 1 aromatic rings. The zero-order chi connectivity index (χ0) is 16.9. The average molecular weight is 319 g/mol. The first-order valence-corrected chi connectivity index (χ1v) is 8.37. The van der Waals surface area contributed by atoms with Gasteiger partial charge in [-0.05, 0) is 40.0 Å². The monoisotopic (exact) mass is 319 g/mol. The van der Waals surface area contributed by atoms with E-state index in [1.165, 1.54) is 0 Å².